The number of sulfone groups is 1. The molecule has 0 spiro atoms. The topological polar surface area (TPSA) is 122 Å². The molecule has 0 radical (unpaired) electrons. The van der Waals surface area contributed by atoms with Gasteiger partial charge in [-0.1, -0.05) is 0 Å². The first kappa shape index (κ1) is 22.7. The number of rotatable bonds is 3. The van der Waals surface area contributed by atoms with Gasteiger partial charge in [-0.15, -0.1) is 10.2 Å². The molecule has 24 heavy (non-hydrogen) atoms. The van der Waals surface area contributed by atoms with Crippen molar-refractivity contribution in [1.29, 1.82) is 0 Å². The van der Waals surface area contributed by atoms with Gasteiger partial charge in [-0.05, 0) is 79.0 Å². The van der Waals surface area contributed by atoms with E-state index in [1.807, 2.05) is 0 Å². The van der Waals surface area contributed by atoms with Crippen LogP contribution in [0.15, 0.2) is 34.3 Å². The molecule has 0 amide bonds. The molecule has 2 rings (SSSR count). The van der Waals surface area contributed by atoms with Gasteiger partial charge in [-0.2, -0.15) is 0 Å². The Kier molecular flexibility index (Phi) is 7.31. The van der Waals surface area contributed by atoms with E-state index in [0.717, 1.165) is 12.1 Å². The van der Waals surface area contributed by atoms with E-state index in [0.29, 0.717) is 0 Å². The number of aromatic nitrogens is 3. The first-order valence-corrected chi connectivity index (χ1v) is 10.9. The normalized spacial score (nSPS) is 12.7. The van der Waals surface area contributed by atoms with Gasteiger partial charge in [0.15, 0.2) is 0 Å². The van der Waals surface area contributed by atoms with Crippen LogP contribution in [0.4, 0.5) is 0 Å². The molecule has 0 unspecified atom stereocenters. The predicted molar refractivity (Wildman–Crippen MR) is 90.8 cm³/mol. The average molecular weight is 576 g/mol. The smallest absolute Gasteiger partial charge is 0.744 e. The summed E-state index contributed by atoms with van der Waals surface area (Å²) >= 11 is 8.80. The summed E-state index contributed by atoms with van der Waals surface area (Å²) in [5, 5.41) is 7.02. The number of aryl methyl sites for hydroxylation is 1. The van der Waals surface area contributed by atoms with Gasteiger partial charge in [-0.25, -0.2) is 16.8 Å². The fraction of sp³-hybridized carbons (Fsp3) is 0.200. The summed E-state index contributed by atoms with van der Waals surface area (Å²) < 4.78 is 57.4. The summed E-state index contributed by atoms with van der Waals surface area (Å²) in [4.78, 5) is -0.424. The zero-order valence-electron chi connectivity index (χ0n) is 12.1. The van der Waals surface area contributed by atoms with E-state index < -0.39 is 26.3 Å². The summed E-state index contributed by atoms with van der Waals surface area (Å²) in [6, 6.07) is 4.74. The van der Waals surface area contributed by atoms with E-state index in [4.69, 9.17) is 0 Å². The number of halogens is 3. The van der Waals surface area contributed by atoms with E-state index in [2.05, 4.69) is 58.0 Å². The largest absolute Gasteiger partial charge is 1.00 e. The first-order chi connectivity index (χ1) is 10.4. The molecule has 1 aromatic carbocycles. The van der Waals surface area contributed by atoms with Crippen LogP contribution in [0.25, 0.3) is 5.69 Å². The Morgan fingerprint density at radius 1 is 1.04 bits per heavy atom. The molecular formula is C10H7Br3N3NaO5S2. The summed E-state index contributed by atoms with van der Waals surface area (Å²) in [6.45, 7) is 1.53. The fourth-order valence-electron chi connectivity index (χ4n) is 1.68. The summed E-state index contributed by atoms with van der Waals surface area (Å²) in [5.41, 5.74) is 0.287. The van der Waals surface area contributed by atoms with Crippen molar-refractivity contribution < 1.29 is 50.9 Å². The predicted octanol–water partition coefficient (Wildman–Crippen LogP) is -0.946. The third kappa shape index (κ3) is 4.49. The summed E-state index contributed by atoms with van der Waals surface area (Å²) in [5.74, 6) is 0.262. The van der Waals surface area contributed by atoms with Crippen LogP contribution < -0.4 is 29.6 Å². The van der Waals surface area contributed by atoms with E-state index in [9.17, 15) is 21.4 Å². The van der Waals surface area contributed by atoms with Gasteiger partial charge in [0.25, 0.3) is 5.16 Å². The second kappa shape index (κ2) is 7.72. The number of hydrogen-bond donors (Lipinski definition) is 0. The minimum Gasteiger partial charge on any atom is -0.744 e. The minimum atomic E-state index is -4.59. The Labute approximate surface area is 185 Å². The molecule has 1 heterocycles. The van der Waals surface area contributed by atoms with Crippen LogP contribution in [0, 0.1) is 6.92 Å². The molecular weight excluding hydrogens is 569 g/mol. The summed E-state index contributed by atoms with van der Waals surface area (Å²) in [7, 11) is -8.61. The van der Waals surface area contributed by atoms with Crippen LogP contribution in [-0.2, 0) is 20.0 Å². The van der Waals surface area contributed by atoms with E-state index in [1.165, 1.54) is 23.6 Å². The van der Waals surface area contributed by atoms with Gasteiger partial charge in [0.1, 0.15) is 15.9 Å². The number of hydrogen-bond acceptors (Lipinski definition) is 7. The van der Waals surface area contributed by atoms with Gasteiger partial charge >= 0.3 is 29.6 Å². The average Bonchev–Trinajstić information content (AvgIpc) is 2.79. The van der Waals surface area contributed by atoms with Crippen molar-refractivity contribution in [2.24, 2.45) is 0 Å². The second-order valence-electron chi connectivity index (χ2n) is 4.26. The van der Waals surface area contributed by atoms with Gasteiger partial charge in [0.05, 0.1) is 4.90 Å². The van der Waals surface area contributed by atoms with Crippen molar-refractivity contribution in [3.63, 3.8) is 0 Å². The molecule has 8 nitrogen and oxygen atoms in total. The van der Waals surface area contributed by atoms with Gasteiger partial charge in [0, 0.05) is 5.69 Å². The summed E-state index contributed by atoms with van der Waals surface area (Å²) in [6.07, 6.45) is 0. The standard InChI is InChI=1S/C10H8Br3N3O5S2.Na/c1-6-14-15-9(22(17,18)10(11,12)13)16(6)7-2-4-8(5-3-7)23(19,20)21;/h2-5H,1H3,(H,19,20,21);/q;+1/p-1. The Morgan fingerprint density at radius 3 is 1.96 bits per heavy atom. The van der Waals surface area contributed by atoms with Crippen molar-refractivity contribution in [2.75, 3.05) is 0 Å². The van der Waals surface area contributed by atoms with Crippen molar-refractivity contribution in [1.82, 2.24) is 14.8 Å². The number of nitrogens with zero attached hydrogens (tertiary/aromatic N) is 3. The maximum Gasteiger partial charge on any atom is 1.00 e. The zero-order valence-corrected chi connectivity index (χ0v) is 20.5. The molecule has 0 aliphatic rings. The van der Waals surface area contributed by atoms with Crippen LogP contribution in [0.3, 0.4) is 0 Å². The molecule has 0 saturated carbocycles. The molecule has 0 atom stereocenters. The molecule has 126 valence electrons. The van der Waals surface area contributed by atoms with E-state index in [1.54, 1.807) is 0 Å². The molecule has 0 aliphatic carbocycles. The van der Waals surface area contributed by atoms with Crippen LogP contribution in [0.2, 0.25) is 0 Å². The Bertz CT molecular complexity index is 953. The molecule has 0 bridgehead atoms. The Hall–Kier alpha value is 0.660. The van der Waals surface area contributed by atoms with Gasteiger partial charge in [0.2, 0.25) is 11.3 Å². The maximum atomic E-state index is 12.5. The molecule has 14 heteroatoms. The molecule has 0 aliphatic heterocycles. The maximum absolute atomic E-state index is 12.5. The first-order valence-electron chi connectivity index (χ1n) is 5.65. The van der Waals surface area contributed by atoms with Crippen molar-refractivity contribution >= 4 is 67.7 Å². The fourth-order valence-corrected chi connectivity index (χ4v) is 4.29. The van der Waals surface area contributed by atoms with Crippen molar-refractivity contribution in [3.05, 3.63) is 30.1 Å². The molecule has 1 aromatic heterocycles. The SMILES string of the molecule is Cc1nnc(S(=O)(=O)C(Br)(Br)Br)n1-c1ccc(S(=O)(=O)[O-])cc1.[Na+]. The molecule has 2 aromatic rings. The van der Waals surface area contributed by atoms with Gasteiger partial charge in [-0.3, -0.25) is 4.57 Å². The Morgan fingerprint density at radius 2 is 1.54 bits per heavy atom. The minimum absolute atomic E-state index is 0. The quantitative estimate of drug-likeness (QED) is 0.263. The van der Waals surface area contributed by atoms with Crippen molar-refractivity contribution in [2.45, 2.75) is 18.5 Å². The Balaban J connectivity index is 0.00000288. The molecule has 0 saturated heterocycles. The van der Waals surface area contributed by atoms with Crippen LogP contribution in [-0.4, -0.2) is 37.6 Å². The van der Waals surface area contributed by atoms with Crippen LogP contribution in [0.1, 0.15) is 5.82 Å². The number of benzene rings is 1. The molecule has 0 fully saturated rings. The van der Waals surface area contributed by atoms with Crippen molar-refractivity contribution in [3.8, 4) is 5.69 Å². The van der Waals surface area contributed by atoms with E-state index in [-0.39, 0.29) is 46.2 Å². The third-order valence-electron chi connectivity index (χ3n) is 2.72. The van der Waals surface area contributed by atoms with E-state index >= 15 is 0 Å². The third-order valence-corrected chi connectivity index (χ3v) is 8.76. The monoisotopic (exact) mass is 573 g/mol. The number of alkyl halides is 3. The zero-order chi connectivity index (χ0) is 17.6. The van der Waals surface area contributed by atoms with Crippen LogP contribution in [0.5, 0.6) is 0 Å². The van der Waals surface area contributed by atoms with Gasteiger partial charge < -0.3 is 4.55 Å². The molecule has 0 N–H and O–H groups in total. The van der Waals surface area contributed by atoms with Crippen LogP contribution >= 0.6 is 47.8 Å². The second-order valence-corrected chi connectivity index (χ2v) is 16.0.